The zero-order chi connectivity index (χ0) is 11.8. The Balaban J connectivity index is 2.55. The van der Waals surface area contributed by atoms with E-state index in [0.29, 0.717) is 19.6 Å². The molecule has 3 nitrogen and oxygen atoms in total. The van der Waals surface area contributed by atoms with Crippen molar-refractivity contribution in [1.82, 2.24) is 5.32 Å². The molecule has 0 aromatic heterocycles. The van der Waals surface area contributed by atoms with Gasteiger partial charge in [-0.3, -0.25) is 4.79 Å². The Labute approximate surface area is 96.8 Å². The summed E-state index contributed by atoms with van der Waals surface area (Å²) in [6.45, 7) is 5.22. The SMILES string of the molecule is CCNC(=O)CCc1ccccc1OCC. The maximum atomic E-state index is 11.3. The predicted molar refractivity (Wildman–Crippen MR) is 64.6 cm³/mol. The van der Waals surface area contributed by atoms with Crippen molar-refractivity contribution in [3.05, 3.63) is 29.8 Å². The van der Waals surface area contributed by atoms with Crippen LogP contribution in [0.25, 0.3) is 0 Å². The van der Waals surface area contributed by atoms with Gasteiger partial charge in [0.2, 0.25) is 5.91 Å². The number of hydrogen-bond donors (Lipinski definition) is 1. The van der Waals surface area contributed by atoms with Crippen LogP contribution in [0.1, 0.15) is 25.8 Å². The Kier molecular flexibility index (Phi) is 5.40. The van der Waals surface area contributed by atoms with Gasteiger partial charge in [-0.05, 0) is 31.9 Å². The number of para-hydroxylation sites is 1. The van der Waals surface area contributed by atoms with Crippen molar-refractivity contribution in [3.63, 3.8) is 0 Å². The number of amides is 1. The average molecular weight is 221 g/mol. The monoisotopic (exact) mass is 221 g/mol. The summed E-state index contributed by atoms with van der Waals surface area (Å²) in [6.07, 6.45) is 1.24. The Morgan fingerprint density at radius 2 is 2.06 bits per heavy atom. The molecule has 1 aromatic rings. The molecule has 0 saturated heterocycles. The largest absolute Gasteiger partial charge is 0.494 e. The predicted octanol–water partition coefficient (Wildman–Crippen LogP) is 2.15. The first kappa shape index (κ1) is 12.6. The molecule has 0 spiro atoms. The van der Waals surface area contributed by atoms with Gasteiger partial charge in [0.05, 0.1) is 6.61 Å². The first-order chi connectivity index (χ1) is 7.77. The van der Waals surface area contributed by atoms with E-state index in [4.69, 9.17) is 4.74 Å². The summed E-state index contributed by atoms with van der Waals surface area (Å²) in [5.41, 5.74) is 1.09. The number of hydrogen-bond acceptors (Lipinski definition) is 2. The minimum absolute atomic E-state index is 0.0915. The molecule has 1 rings (SSSR count). The molecule has 1 N–H and O–H groups in total. The fraction of sp³-hybridized carbons (Fsp3) is 0.462. The average Bonchev–Trinajstić information content (AvgIpc) is 2.29. The van der Waals surface area contributed by atoms with Gasteiger partial charge < -0.3 is 10.1 Å². The maximum absolute atomic E-state index is 11.3. The standard InChI is InChI=1S/C13H19NO2/c1-3-14-13(15)10-9-11-7-5-6-8-12(11)16-4-2/h5-8H,3-4,9-10H2,1-2H3,(H,14,15). The molecule has 0 bridgehead atoms. The topological polar surface area (TPSA) is 38.3 Å². The van der Waals surface area contributed by atoms with Crippen molar-refractivity contribution < 1.29 is 9.53 Å². The van der Waals surface area contributed by atoms with Gasteiger partial charge >= 0.3 is 0 Å². The zero-order valence-corrected chi connectivity index (χ0v) is 9.95. The second-order valence-electron chi connectivity index (χ2n) is 3.49. The van der Waals surface area contributed by atoms with Gasteiger partial charge in [0.25, 0.3) is 0 Å². The van der Waals surface area contributed by atoms with Gasteiger partial charge in [0.15, 0.2) is 0 Å². The number of ether oxygens (including phenoxy) is 1. The van der Waals surface area contributed by atoms with Crippen LogP contribution in [0.15, 0.2) is 24.3 Å². The van der Waals surface area contributed by atoms with Crippen LogP contribution in [-0.2, 0) is 11.2 Å². The number of aryl methyl sites for hydroxylation is 1. The second kappa shape index (κ2) is 6.88. The van der Waals surface area contributed by atoms with E-state index >= 15 is 0 Å². The van der Waals surface area contributed by atoms with Crippen molar-refractivity contribution >= 4 is 5.91 Å². The molecule has 3 heteroatoms. The van der Waals surface area contributed by atoms with E-state index in [0.717, 1.165) is 17.7 Å². The summed E-state index contributed by atoms with van der Waals surface area (Å²) in [5.74, 6) is 0.975. The molecule has 0 unspecified atom stereocenters. The Hall–Kier alpha value is -1.51. The minimum Gasteiger partial charge on any atom is -0.494 e. The van der Waals surface area contributed by atoms with Gasteiger partial charge in [-0.15, -0.1) is 0 Å². The number of rotatable bonds is 6. The first-order valence-corrected chi connectivity index (χ1v) is 5.75. The molecule has 0 saturated carbocycles. The van der Waals surface area contributed by atoms with Crippen molar-refractivity contribution in [1.29, 1.82) is 0 Å². The molecule has 16 heavy (non-hydrogen) atoms. The summed E-state index contributed by atoms with van der Waals surface area (Å²) < 4.78 is 5.50. The van der Waals surface area contributed by atoms with Crippen LogP contribution < -0.4 is 10.1 Å². The third-order valence-electron chi connectivity index (χ3n) is 2.27. The highest BCUT2D eigenvalue weighted by Gasteiger charge is 2.05. The Morgan fingerprint density at radius 3 is 2.75 bits per heavy atom. The van der Waals surface area contributed by atoms with Crippen molar-refractivity contribution in [2.24, 2.45) is 0 Å². The second-order valence-corrected chi connectivity index (χ2v) is 3.49. The lowest BCUT2D eigenvalue weighted by atomic mass is 10.1. The highest BCUT2D eigenvalue weighted by molar-refractivity contribution is 5.76. The smallest absolute Gasteiger partial charge is 0.220 e. The van der Waals surface area contributed by atoms with Crippen LogP contribution in [0.3, 0.4) is 0 Å². The molecule has 0 heterocycles. The van der Waals surface area contributed by atoms with E-state index in [1.807, 2.05) is 38.1 Å². The zero-order valence-electron chi connectivity index (χ0n) is 9.95. The molecule has 88 valence electrons. The maximum Gasteiger partial charge on any atom is 0.220 e. The third kappa shape index (κ3) is 3.93. The van der Waals surface area contributed by atoms with E-state index in [1.165, 1.54) is 0 Å². The lowest BCUT2D eigenvalue weighted by molar-refractivity contribution is -0.120. The number of carbonyl (C=O) groups excluding carboxylic acids is 1. The molecule has 0 aliphatic carbocycles. The van der Waals surface area contributed by atoms with Gasteiger partial charge in [0.1, 0.15) is 5.75 Å². The highest BCUT2D eigenvalue weighted by Crippen LogP contribution is 2.19. The van der Waals surface area contributed by atoms with Gasteiger partial charge in [-0.2, -0.15) is 0 Å². The van der Waals surface area contributed by atoms with E-state index in [-0.39, 0.29) is 5.91 Å². The van der Waals surface area contributed by atoms with E-state index < -0.39 is 0 Å². The van der Waals surface area contributed by atoms with Crippen LogP contribution in [0, 0.1) is 0 Å². The third-order valence-corrected chi connectivity index (χ3v) is 2.27. The Bertz CT molecular complexity index is 336. The lowest BCUT2D eigenvalue weighted by Gasteiger charge is -2.09. The van der Waals surface area contributed by atoms with E-state index in [2.05, 4.69) is 5.32 Å². The van der Waals surface area contributed by atoms with Crippen molar-refractivity contribution in [2.75, 3.05) is 13.2 Å². The molecule has 0 radical (unpaired) electrons. The van der Waals surface area contributed by atoms with Crippen molar-refractivity contribution in [3.8, 4) is 5.75 Å². The molecule has 0 atom stereocenters. The molecule has 0 aliphatic heterocycles. The number of nitrogens with one attached hydrogen (secondary N) is 1. The van der Waals surface area contributed by atoms with E-state index in [9.17, 15) is 4.79 Å². The van der Waals surface area contributed by atoms with Crippen molar-refractivity contribution in [2.45, 2.75) is 26.7 Å². The molecular weight excluding hydrogens is 202 g/mol. The van der Waals surface area contributed by atoms with Crippen LogP contribution in [-0.4, -0.2) is 19.1 Å². The molecular formula is C13H19NO2. The van der Waals surface area contributed by atoms with Crippen LogP contribution in [0.5, 0.6) is 5.75 Å². The normalized spacial score (nSPS) is 9.88. The quantitative estimate of drug-likeness (QED) is 0.799. The highest BCUT2D eigenvalue weighted by atomic mass is 16.5. The Morgan fingerprint density at radius 1 is 1.31 bits per heavy atom. The van der Waals surface area contributed by atoms with Gasteiger partial charge in [-0.1, -0.05) is 18.2 Å². The van der Waals surface area contributed by atoms with Crippen LogP contribution in [0.2, 0.25) is 0 Å². The molecule has 1 aromatic carbocycles. The summed E-state index contributed by atoms with van der Waals surface area (Å²) >= 11 is 0. The van der Waals surface area contributed by atoms with Crippen LogP contribution >= 0.6 is 0 Å². The summed E-state index contributed by atoms with van der Waals surface area (Å²) in [5, 5.41) is 2.79. The number of carbonyl (C=O) groups is 1. The van der Waals surface area contributed by atoms with E-state index in [1.54, 1.807) is 0 Å². The molecule has 0 fully saturated rings. The fourth-order valence-corrected chi connectivity index (χ4v) is 1.54. The lowest BCUT2D eigenvalue weighted by Crippen LogP contribution is -2.22. The molecule has 0 aliphatic rings. The van der Waals surface area contributed by atoms with Gasteiger partial charge in [-0.25, -0.2) is 0 Å². The fourth-order valence-electron chi connectivity index (χ4n) is 1.54. The molecule has 1 amide bonds. The number of benzene rings is 1. The summed E-state index contributed by atoms with van der Waals surface area (Å²) in [6, 6.07) is 7.86. The summed E-state index contributed by atoms with van der Waals surface area (Å²) in [4.78, 5) is 11.3. The van der Waals surface area contributed by atoms with Crippen LogP contribution in [0.4, 0.5) is 0 Å². The first-order valence-electron chi connectivity index (χ1n) is 5.75. The summed E-state index contributed by atoms with van der Waals surface area (Å²) in [7, 11) is 0. The van der Waals surface area contributed by atoms with Gasteiger partial charge in [0, 0.05) is 13.0 Å². The minimum atomic E-state index is 0.0915.